The molecule has 1 aliphatic rings. The number of hydrogen-bond acceptors (Lipinski definition) is 7. The molecule has 1 saturated carbocycles. The van der Waals surface area contributed by atoms with E-state index in [4.69, 9.17) is 9.84 Å². The lowest BCUT2D eigenvalue weighted by Gasteiger charge is -2.36. The van der Waals surface area contributed by atoms with Crippen LogP contribution in [0, 0.1) is 23.7 Å². The van der Waals surface area contributed by atoms with Crippen molar-refractivity contribution in [2.24, 2.45) is 23.7 Å². The molecule has 0 radical (unpaired) electrons. The molecular formula is C17H32O7. The molecule has 142 valence electrons. The SMILES string of the molecule is CC1CCC(C(C)C)C(C(=O)OCC(O)C(O)C(O)C(O)CO)C1. The summed E-state index contributed by atoms with van der Waals surface area (Å²) in [5.74, 6) is 0.397. The molecule has 0 aliphatic heterocycles. The van der Waals surface area contributed by atoms with Gasteiger partial charge in [-0.2, -0.15) is 0 Å². The lowest BCUT2D eigenvalue weighted by molar-refractivity contribution is -0.164. The van der Waals surface area contributed by atoms with Crippen LogP contribution in [0.4, 0.5) is 0 Å². The van der Waals surface area contributed by atoms with Gasteiger partial charge in [-0.1, -0.05) is 27.2 Å². The van der Waals surface area contributed by atoms with Gasteiger partial charge in [-0.05, 0) is 30.6 Å². The van der Waals surface area contributed by atoms with Crippen molar-refractivity contribution in [2.75, 3.05) is 13.2 Å². The van der Waals surface area contributed by atoms with Crippen LogP contribution in [-0.2, 0) is 9.53 Å². The Kier molecular flexibility index (Phi) is 8.59. The molecule has 5 N–H and O–H groups in total. The van der Waals surface area contributed by atoms with Crippen molar-refractivity contribution in [1.29, 1.82) is 0 Å². The van der Waals surface area contributed by atoms with Crippen LogP contribution in [0.2, 0.25) is 0 Å². The maximum absolute atomic E-state index is 12.4. The fourth-order valence-electron chi connectivity index (χ4n) is 3.41. The van der Waals surface area contributed by atoms with Crippen LogP contribution in [0.25, 0.3) is 0 Å². The summed E-state index contributed by atoms with van der Waals surface area (Å²) in [4.78, 5) is 12.4. The van der Waals surface area contributed by atoms with Gasteiger partial charge in [0.05, 0.1) is 12.5 Å². The highest BCUT2D eigenvalue weighted by atomic mass is 16.5. The Balaban J connectivity index is 2.57. The summed E-state index contributed by atoms with van der Waals surface area (Å²) >= 11 is 0. The zero-order valence-electron chi connectivity index (χ0n) is 14.7. The third-order valence-electron chi connectivity index (χ3n) is 5.05. The molecule has 0 aromatic heterocycles. The highest BCUT2D eigenvalue weighted by Crippen LogP contribution is 2.38. The molecule has 0 aromatic rings. The zero-order valence-corrected chi connectivity index (χ0v) is 14.7. The molecule has 1 rings (SSSR count). The van der Waals surface area contributed by atoms with E-state index in [1.165, 1.54) is 0 Å². The molecule has 0 spiro atoms. The summed E-state index contributed by atoms with van der Waals surface area (Å²) in [6.45, 7) is 5.03. The minimum Gasteiger partial charge on any atom is -0.463 e. The van der Waals surface area contributed by atoms with E-state index in [-0.39, 0.29) is 11.8 Å². The Bertz CT molecular complexity index is 387. The van der Waals surface area contributed by atoms with Crippen LogP contribution in [-0.4, -0.2) is 69.1 Å². The van der Waals surface area contributed by atoms with Crippen molar-refractivity contribution in [3.63, 3.8) is 0 Å². The second-order valence-corrected chi connectivity index (χ2v) is 7.36. The number of hydrogen-bond donors (Lipinski definition) is 5. The summed E-state index contributed by atoms with van der Waals surface area (Å²) in [5, 5.41) is 47.1. The third kappa shape index (κ3) is 5.67. The minimum atomic E-state index is -1.72. The normalized spacial score (nSPS) is 29.8. The van der Waals surface area contributed by atoms with Crippen LogP contribution in [0.15, 0.2) is 0 Å². The first-order valence-electron chi connectivity index (χ1n) is 8.68. The van der Waals surface area contributed by atoms with E-state index in [1.54, 1.807) is 0 Å². The van der Waals surface area contributed by atoms with Gasteiger partial charge in [0, 0.05) is 0 Å². The molecule has 7 unspecified atom stereocenters. The van der Waals surface area contributed by atoms with Gasteiger partial charge in [0.1, 0.15) is 31.0 Å². The van der Waals surface area contributed by atoms with E-state index in [9.17, 15) is 25.2 Å². The van der Waals surface area contributed by atoms with Crippen molar-refractivity contribution < 1.29 is 35.1 Å². The van der Waals surface area contributed by atoms with Crippen LogP contribution in [0.3, 0.4) is 0 Å². The fraction of sp³-hybridized carbons (Fsp3) is 0.941. The van der Waals surface area contributed by atoms with E-state index in [0.717, 1.165) is 19.3 Å². The second kappa shape index (κ2) is 9.68. The van der Waals surface area contributed by atoms with Crippen LogP contribution < -0.4 is 0 Å². The molecule has 0 amide bonds. The van der Waals surface area contributed by atoms with Gasteiger partial charge in [-0.15, -0.1) is 0 Å². The zero-order chi connectivity index (χ0) is 18.4. The van der Waals surface area contributed by atoms with E-state index >= 15 is 0 Å². The van der Waals surface area contributed by atoms with Crippen LogP contribution in [0.1, 0.15) is 40.0 Å². The van der Waals surface area contributed by atoms with Gasteiger partial charge in [-0.25, -0.2) is 0 Å². The summed E-state index contributed by atoms with van der Waals surface area (Å²) in [6.07, 6.45) is -3.76. The van der Waals surface area contributed by atoms with E-state index < -0.39 is 43.6 Å². The van der Waals surface area contributed by atoms with Crippen LogP contribution in [0.5, 0.6) is 0 Å². The van der Waals surface area contributed by atoms with Crippen molar-refractivity contribution in [2.45, 2.75) is 64.4 Å². The molecular weight excluding hydrogens is 316 g/mol. The molecule has 0 aromatic carbocycles. The van der Waals surface area contributed by atoms with Crippen molar-refractivity contribution in [3.05, 3.63) is 0 Å². The highest BCUT2D eigenvalue weighted by molar-refractivity contribution is 5.73. The Morgan fingerprint density at radius 2 is 1.67 bits per heavy atom. The van der Waals surface area contributed by atoms with Gasteiger partial charge in [0.2, 0.25) is 0 Å². The quantitative estimate of drug-likeness (QED) is 0.380. The lowest BCUT2D eigenvalue weighted by Crippen LogP contribution is -2.47. The third-order valence-corrected chi connectivity index (χ3v) is 5.05. The lowest BCUT2D eigenvalue weighted by atomic mass is 9.70. The summed E-state index contributed by atoms with van der Waals surface area (Å²) in [6, 6.07) is 0. The average Bonchev–Trinajstić information content (AvgIpc) is 2.56. The predicted molar refractivity (Wildman–Crippen MR) is 86.9 cm³/mol. The summed E-state index contributed by atoms with van der Waals surface area (Å²) < 4.78 is 5.15. The number of aliphatic hydroxyl groups excluding tert-OH is 5. The number of carbonyl (C=O) groups excluding carboxylic acids is 1. The summed E-state index contributed by atoms with van der Waals surface area (Å²) in [5.41, 5.74) is 0. The molecule has 7 nitrogen and oxygen atoms in total. The minimum absolute atomic E-state index is 0.231. The standard InChI is InChI=1S/C17H32O7/c1-9(2)11-5-4-10(3)6-12(11)17(23)24-8-14(20)16(22)15(21)13(19)7-18/h9-16,18-22H,4-8H2,1-3H3. The Morgan fingerprint density at radius 1 is 1.08 bits per heavy atom. The maximum atomic E-state index is 12.4. The Morgan fingerprint density at radius 3 is 2.21 bits per heavy atom. The van der Waals surface area contributed by atoms with E-state index in [2.05, 4.69) is 20.8 Å². The fourth-order valence-corrected chi connectivity index (χ4v) is 3.41. The molecule has 7 heteroatoms. The molecule has 1 aliphatic carbocycles. The number of carbonyl (C=O) groups is 1. The van der Waals surface area contributed by atoms with E-state index in [1.807, 2.05) is 0 Å². The topological polar surface area (TPSA) is 127 Å². The smallest absolute Gasteiger partial charge is 0.309 e. The van der Waals surface area contributed by atoms with Crippen molar-refractivity contribution in [3.8, 4) is 0 Å². The molecule has 7 atom stereocenters. The first kappa shape index (κ1) is 21.3. The second-order valence-electron chi connectivity index (χ2n) is 7.36. The van der Waals surface area contributed by atoms with Gasteiger partial charge in [-0.3, -0.25) is 4.79 Å². The molecule has 24 heavy (non-hydrogen) atoms. The number of esters is 1. The summed E-state index contributed by atoms with van der Waals surface area (Å²) in [7, 11) is 0. The predicted octanol–water partition coefficient (Wildman–Crippen LogP) is -0.326. The molecule has 0 heterocycles. The van der Waals surface area contributed by atoms with Gasteiger partial charge < -0.3 is 30.3 Å². The first-order chi connectivity index (χ1) is 11.2. The van der Waals surface area contributed by atoms with Gasteiger partial charge in [0.25, 0.3) is 0 Å². The number of aliphatic hydroxyl groups is 5. The average molecular weight is 348 g/mol. The number of ether oxygens (including phenoxy) is 1. The van der Waals surface area contributed by atoms with Crippen molar-refractivity contribution >= 4 is 5.97 Å². The first-order valence-corrected chi connectivity index (χ1v) is 8.68. The van der Waals surface area contributed by atoms with Gasteiger partial charge in [0.15, 0.2) is 0 Å². The molecule has 1 fully saturated rings. The highest BCUT2D eigenvalue weighted by Gasteiger charge is 2.37. The number of rotatable bonds is 8. The van der Waals surface area contributed by atoms with Crippen molar-refractivity contribution in [1.82, 2.24) is 0 Å². The Labute approximate surface area is 143 Å². The van der Waals surface area contributed by atoms with Gasteiger partial charge >= 0.3 is 5.97 Å². The Hall–Kier alpha value is -0.730. The largest absolute Gasteiger partial charge is 0.463 e. The maximum Gasteiger partial charge on any atom is 0.309 e. The monoisotopic (exact) mass is 348 g/mol. The van der Waals surface area contributed by atoms with E-state index in [0.29, 0.717) is 11.8 Å². The molecule has 0 bridgehead atoms. The molecule has 0 saturated heterocycles. The van der Waals surface area contributed by atoms with Crippen LogP contribution >= 0.6 is 0 Å².